The van der Waals surface area contributed by atoms with Crippen molar-refractivity contribution in [3.63, 3.8) is 0 Å². The number of benzene rings is 6. The number of hydrogen-bond acceptors (Lipinski definition) is 20. The van der Waals surface area contributed by atoms with Crippen LogP contribution >= 0.6 is 11.6 Å². The molecule has 0 amide bonds. The van der Waals surface area contributed by atoms with Gasteiger partial charge in [-0.2, -0.15) is 0 Å². The van der Waals surface area contributed by atoms with Crippen LogP contribution in [0.3, 0.4) is 0 Å². The van der Waals surface area contributed by atoms with Gasteiger partial charge >= 0.3 is 43.9 Å². The van der Waals surface area contributed by atoms with Crippen LogP contribution in [0.1, 0.15) is 92.0 Å². The Morgan fingerprint density at radius 3 is 1.23 bits per heavy atom. The van der Waals surface area contributed by atoms with Gasteiger partial charge in [-0.05, 0) is 144 Å². The summed E-state index contributed by atoms with van der Waals surface area (Å²) in [7, 11) is -0.709. The van der Waals surface area contributed by atoms with Gasteiger partial charge in [0, 0.05) is 93.2 Å². The van der Waals surface area contributed by atoms with Gasteiger partial charge in [0.15, 0.2) is 0 Å². The number of furan rings is 3. The number of aromatic nitrogens is 3. The zero-order valence-electron chi connectivity index (χ0n) is 59.5. The summed E-state index contributed by atoms with van der Waals surface area (Å²) in [5.74, 6) is -1.53. The number of aliphatic carboxylic acids is 1. The molecule has 0 saturated carbocycles. The Kier molecular flexibility index (Phi) is 28.9. The van der Waals surface area contributed by atoms with Gasteiger partial charge in [0.2, 0.25) is 0 Å². The molecule has 0 atom stereocenters. The molecule has 0 spiro atoms. The van der Waals surface area contributed by atoms with E-state index in [9.17, 15) is 14.4 Å². The molecule has 1 aliphatic rings. The maximum atomic E-state index is 15.3. The summed E-state index contributed by atoms with van der Waals surface area (Å²) in [6.45, 7) is 12.9. The maximum Gasteiger partial charge on any atom is 1.00 e. The van der Waals surface area contributed by atoms with Crippen LogP contribution in [0.2, 0.25) is 5.02 Å². The summed E-state index contributed by atoms with van der Waals surface area (Å²) < 4.78 is 102. The molecule has 6 aromatic heterocycles. The third-order valence-electron chi connectivity index (χ3n) is 17.1. The number of carboxylic acid groups (broad SMARTS) is 1. The minimum atomic E-state index is -0.965. The number of ether oxygens (including phenoxy) is 5. The molecule has 0 aliphatic carbocycles. The first kappa shape index (κ1) is 81.4. The fraction of sp³-hybridized carbons (Fsp3) is 0.241. The molecule has 6 aromatic carbocycles. The van der Waals surface area contributed by atoms with Crippen LogP contribution in [0.25, 0.3) is 55.2 Å². The van der Waals surface area contributed by atoms with E-state index in [2.05, 4.69) is 15.0 Å². The number of halogens is 4. The zero-order chi connectivity index (χ0) is 74.1. The van der Waals surface area contributed by atoms with Crippen LogP contribution in [0.4, 0.5) is 13.2 Å². The molecule has 27 heteroatoms. The summed E-state index contributed by atoms with van der Waals surface area (Å²) >= 11 is 5.63. The monoisotopic (exact) mass is 1460 g/mol. The molecule has 8 N–H and O–H groups in total. The molecule has 13 rings (SSSR count). The number of rotatable bonds is 23. The van der Waals surface area contributed by atoms with Crippen molar-refractivity contribution >= 4 is 75.0 Å². The number of fused-ring (bicyclic) bond motifs is 3. The van der Waals surface area contributed by atoms with Crippen LogP contribution in [0, 0.1) is 17.5 Å². The molecular formula is C79H78BClF3LiN6O15. The van der Waals surface area contributed by atoms with E-state index in [1.807, 2.05) is 58.0 Å². The summed E-state index contributed by atoms with van der Waals surface area (Å²) in [5.41, 5.74) is 25.7. The molecule has 0 radical (unpaired) electrons. The largest absolute Gasteiger partial charge is 1.00 e. The number of esters is 2. The molecule has 21 nitrogen and oxygen atoms in total. The van der Waals surface area contributed by atoms with E-state index >= 15 is 13.2 Å². The number of nitrogens with two attached hydrogens (primary N) is 3. The first-order chi connectivity index (χ1) is 50.1. The van der Waals surface area contributed by atoms with Crippen molar-refractivity contribution in [3.05, 3.63) is 256 Å². The van der Waals surface area contributed by atoms with E-state index in [1.165, 1.54) is 18.8 Å². The molecule has 106 heavy (non-hydrogen) atoms. The fourth-order valence-electron chi connectivity index (χ4n) is 11.2. The topological polar surface area (TPSA) is 322 Å². The third-order valence-corrected chi connectivity index (χ3v) is 17.4. The van der Waals surface area contributed by atoms with Gasteiger partial charge < -0.3 is 74.0 Å². The van der Waals surface area contributed by atoms with Gasteiger partial charge in [-0.25, -0.2) is 13.2 Å². The smallest absolute Gasteiger partial charge is 0.870 e. The first-order valence-corrected chi connectivity index (χ1v) is 33.7. The molecule has 0 bridgehead atoms. The van der Waals surface area contributed by atoms with Crippen molar-refractivity contribution < 1.29 is 103 Å². The Balaban J connectivity index is 0.000000187. The van der Waals surface area contributed by atoms with Gasteiger partial charge in [-0.15, -0.1) is 0 Å². The second kappa shape index (κ2) is 37.6. The van der Waals surface area contributed by atoms with E-state index in [0.29, 0.717) is 132 Å². The van der Waals surface area contributed by atoms with E-state index in [4.69, 9.17) is 80.2 Å². The van der Waals surface area contributed by atoms with Crippen LogP contribution in [-0.4, -0.2) is 75.0 Å². The molecule has 0 unspecified atom stereocenters. The van der Waals surface area contributed by atoms with E-state index in [0.717, 1.165) is 28.1 Å². The van der Waals surface area contributed by atoms with Gasteiger partial charge in [-0.3, -0.25) is 29.3 Å². The van der Waals surface area contributed by atoms with Gasteiger partial charge in [0.1, 0.15) is 71.3 Å². The third kappa shape index (κ3) is 20.0. The van der Waals surface area contributed by atoms with Crippen molar-refractivity contribution in [1.82, 2.24) is 15.0 Å². The van der Waals surface area contributed by atoms with Crippen molar-refractivity contribution in [2.24, 2.45) is 17.2 Å². The van der Waals surface area contributed by atoms with Gasteiger partial charge in [0.25, 0.3) is 0 Å². The van der Waals surface area contributed by atoms with Crippen LogP contribution in [0.15, 0.2) is 196 Å². The minimum Gasteiger partial charge on any atom is -0.870 e. The maximum absolute atomic E-state index is 15.3. The molecule has 1 fully saturated rings. The molecule has 12 aromatic rings. The SMILES string of the molecule is CCOC(=O)Cc1ccccc1OCc1cc(-c2ccnc(CN)c2)c2occc2c1F.CCOC(=O)Cc1ccccc1OCc1cc(B2OC(C)(C)C(C)(C)O2)c2occc2c1F.NCc1cc(-c2cc(COc3ccccc3CC(=O)O)c(F)c3ccoc23)ccn1.NCc1cc(Cl)ccn1.[Li+].[OH-]. The Hall–Kier alpha value is -10.3. The van der Waals surface area contributed by atoms with Crippen molar-refractivity contribution in [1.29, 1.82) is 0 Å². The molecule has 1 aliphatic heterocycles. The molecule has 7 heterocycles. The standard InChI is InChI=1S/C25H28BFO6.C25H23FN2O4.C23H19FN2O4.C6H7ClN2.Li.H2O/c1-6-29-21(28)14-16-9-7-8-10-20(16)31-15-17-13-19(23-18(22(17)27)11-12-30-23)26-32-24(2,3)25(4,5)33-26;1-2-30-23(29)13-17-5-3-4-6-22(17)32-15-18-12-21(16-7-9-28-19(11-16)14-27)25-20(24(18)26)8-10-31-25;24-22-16(13-30-20-4-2-1-3-15(20)11-21(27)28)10-19(23-18(22)6-8-29-23)14-5-7-26-17(9-14)12-25;7-5-1-2-9-6(3-5)4-8;;/h7-13H,6,14-15H2,1-5H3;3-12H,2,13-15,27H2,1H3;1-10H,11-13,25H2,(H,27,28);1-3H,4,8H2;;1H2/q;;;;+1;/p-1. The summed E-state index contributed by atoms with van der Waals surface area (Å²) in [5, 5.41) is 10.8. The molecular weight excluding hydrogens is 1380 g/mol. The van der Waals surface area contributed by atoms with Gasteiger partial charge in [-0.1, -0.05) is 66.2 Å². The quantitative estimate of drug-likeness (QED) is 0.0341. The second-order valence-electron chi connectivity index (χ2n) is 24.7. The summed E-state index contributed by atoms with van der Waals surface area (Å²) in [6.07, 6.45) is 9.28. The van der Waals surface area contributed by atoms with Crippen LogP contribution in [-0.2, 0) is 91.9 Å². The Labute approximate surface area is 627 Å². The number of carbonyl (C=O) groups is 3. The summed E-state index contributed by atoms with van der Waals surface area (Å²) in [6, 6.07) is 41.7. The van der Waals surface area contributed by atoms with E-state index in [-0.39, 0.29) is 81.9 Å². The second-order valence-corrected chi connectivity index (χ2v) is 25.1. The summed E-state index contributed by atoms with van der Waals surface area (Å²) in [4.78, 5) is 47.3. The van der Waals surface area contributed by atoms with Crippen molar-refractivity contribution in [2.45, 2.75) is 111 Å². The van der Waals surface area contributed by atoms with E-state index < -0.39 is 41.7 Å². The van der Waals surface area contributed by atoms with Crippen molar-refractivity contribution in [2.75, 3.05) is 13.2 Å². The van der Waals surface area contributed by atoms with E-state index in [1.54, 1.807) is 148 Å². The van der Waals surface area contributed by atoms with Crippen LogP contribution < -0.4 is 55.7 Å². The zero-order valence-corrected chi connectivity index (χ0v) is 60.2. The predicted molar refractivity (Wildman–Crippen MR) is 390 cm³/mol. The number of para-hydroxylation sites is 3. The number of carboxylic acids is 1. The Bertz CT molecular complexity index is 4980. The normalized spacial score (nSPS) is 12.5. The average Bonchev–Trinajstić information content (AvgIpc) is 1.56. The number of pyridine rings is 3. The van der Waals surface area contributed by atoms with Crippen molar-refractivity contribution in [3.8, 4) is 39.5 Å². The number of carbonyl (C=O) groups excluding carboxylic acids is 2. The van der Waals surface area contributed by atoms with Gasteiger partial charge in [0.05, 0.1) is 95.7 Å². The Morgan fingerprint density at radius 1 is 0.491 bits per heavy atom. The number of nitrogens with zero attached hydrogens (tertiary/aromatic N) is 3. The fourth-order valence-corrected chi connectivity index (χ4v) is 11.4. The number of hydrogen-bond donors (Lipinski definition) is 4. The minimum absolute atomic E-state index is 0. The average molecular weight is 1460 g/mol. The predicted octanol–water partition coefficient (Wildman–Crippen LogP) is 11.7. The molecule has 546 valence electrons. The van der Waals surface area contributed by atoms with Crippen LogP contribution in [0.5, 0.6) is 17.2 Å². The Morgan fingerprint density at radius 2 is 0.849 bits per heavy atom. The first-order valence-electron chi connectivity index (χ1n) is 33.3. The molecule has 1 saturated heterocycles.